The molecule has 0 saturated carbocycles. The number of carbonyl (C=O) groups excluding carboxylic acids is 1. The molecule has 0 aliphatic carbocycles. The number of thiazole rings is 1. The van der Waals surface area contributed by atoms with Crippen molar-refractivity contribution in [3.8, 4) is 11.3 Å². The maximum absolute atomic E-state index is 12.4. The lowest BCUT2D eigenvalue weighted by Crippen LogP contribution is -2.36. The SMILES string of the molecule is CNC(C(=O)NCCc1nc(-c2ccncc2)cs1)c1cnn(C)c1. The molecule has 0 aliphatic rings. The standard InChI is InChI=1S/C17H20N6OS/c1-18-16(13-9-21-23(2)10-13)17(24)20-8-5-15-22-14(11-25-15)12-3-6-19-7-4-12/h3-4,6-7,9-11,16,18H,5,8H2,1-2H3,(H,20,24). The van der Waals surface area contributed by atoms with Gasteiger partial charge in [0.05, 0.1) is 16.9 Å². The third-order valence-corrected chi connectivity index (χ3v) is 4.68. The lowest BCUT2D eigenvalue weighted by atomic mass is 10.1. The number of likely N-dealkylation sites (N-methyl/N-ethyl adjacent to an activating group) is 1. The van der Waals surface area contributed by atoms with E-state index in [0.29, 0.717) is 13.0 Å². The minimum absolute atomic E-state index is 0.0681. The number of rotatable bonds is 7. The van der Waals surface area contributed by atoms with Crippen molar-refractivity contribution in [2.45, 2.75) is 12.5 Å². The van der Waals surface area contributed by atoms with E-state index in [9.17, 15) is 4.79 Å². The van der Waals surface area contributed by atoms with Crippen molar-refractivity contribution in [3.05, 3.63) is 52.9 Å². The van der Waals surface area contributed by atoms with Gasteiger partial charge in [0.1, 0.15) is 6.04 Å². The molecule has 3 aromatic heterocycles. The first-order chi connectivity index (χ1) is 12.2. The quantitative estimate of drug-likeness (QED) is 0.671. The zero-order valence-corrected chi connectivity index (χ0v) is 15.0. The molecule has 3 heterocycles. The molecule has 1 unspecified atom stereocenters. The Labute approximate surface area is 150 Å². The first kappa shape index (κ1) is 17.2. The Bertz CT molecular complexity index is 829. The molecule has 0 spiro atoms. The molecular formula is C17H20N6OS. The van der Waals surface area contributed by atoms with Gasteiger partial charge in [-0.25, -0.2) is 4.98 Å². The van der Waals surface area contributed by atoms with Crippen LogP contribution >= 0.6 is 11.3 Å². The third kappa shape index (κ3) is 4.28. The van der Waals surface area contributed by atoms with Crippen LogP contribution in [0.2, 0.25) is 0 Å². The summed E-state index contributed by atoms with van der Waals surface area (Å²) >= 11 is 1.60. The topological polar surface area (TPSA) is 84.7 Å². The van der Waals surface area contributed by atoms with Crippen molar-refractivity contribution in [2.75, 3.05) is 13.6 Å². The number of amides is 1. The highest BCUT2D eigenvalue weighted by molar-refractivity contribution is 7.09. The summed E-state index contributed by atoms with van der Waals surface area (Å²) in [5, 5.41) is 13.1. The third-order valence-electron chi connectivity index (χ3n) is 3.77. The molecule has 0 saturated heterocycles. The van der Waals surface area contributed by atoms with Crippen LogP contribution in [-0.4, -0.2) is 39.2 Å². The lowest BCUT2D eigenvalue weighted by molar-refractivity contribution is -0.123. The molecule has 0 fully saturated rings. The van der Waals surface area contributed by atoms with Crippen molar-refractivity contribution in [1.82, 2.24) is 30.4 Å². The normalized spacial score (nSPS) is 12.1. The second-order valence-electron chi connectivity index (χ2n) is 5.57. The van der Waals surface area contributed by atoms with Crippen LogP contribution in [0.1, 0.15) is 16.6 Å². The van der Waals surface area contributed by atoms with E-state index in [4.69, 9.17) is 0 Å². The molecular weight excluding hydrogens is 336 g/mol. The average molecular weight is 356 g/mol. The molecule has 0 bridgehead atoms. The predicted octanol–water partition coefficient (Wildman–Crippen LogP) is 1.56. The fraction of sp³-hybridized carbons (Fsp3) is 0.294. The maximum Gasteiger partial charge on any atom is 0.241 e. The first-order valence-corrected chi connectivity index (χ1v) is 8.83. The lowest BCUT2D eigenvalue weighted by Gasteiger charge is -2.14. The molecule has 0 aliphatic heterocycles. The summed E-state index contributed by atoms with van der Waals surface area (Å²) in [4.78, 5) is 21.0. The molecule has 2 N–H and O–H groups in total. The summed E-state index contributed by atoms with van der Waals surface area (Å²) in [6, 6.07) is 3.47. The maximum atomic E-state index is 12.4. The Morgan fingerprint density at radius 1 is 1.36 bits per heavy atom. The van der Waals surface area contributed by atoms with Crippen LogP contribution in [0, 0.1) is 0 Å². The van der Waals surface area contributed by atoms with Crippen LogP contribution < -0.4 is 10.6 Å². The number of carbonyl (C=O) groups is 1. The van der Waals surface area contributed by atoms with E-state index in [1.165, 1.54) is 0 Å². The van der Waals surface area contributed by atoms with Gasteiger partial charge in [-0.05, 0) is 19.2 Å². The zero-order chi connectivity index (χ0) is 17.6. The van der Waals surface area contributed by atoms with E-state index in [1.807, 2.05) is 30.8 Å². The van der Waals surface area contributed by atoms with Crippen molar-refractivity contribution in [3.63, 3.8) is 0 Å². The summed E-state index contributed by atoms with van der Waals surface area (Å²) in [6.07, 6.45) is 7.74. The van der Waals surface area contributed by atoms with Gasteiger partial charge >= 0.3 is 0 Å². The van der Waals surface area contributed by atoms with Gasteiger partial charge in [0.25, 0.3) is 0 Å². The Balaban J connectivity index is 1.54. The van der Waals surface area contributed by atoms with Crippen molar-refractivity contribution in [1.29, 1.82) is 0 Å². The molecule has 130 valence electrons. The number of nitrogens with one attached hydrogen (secondary N) is 2. The van der Waals surface area contributed by atoms with Crippen LogP contribution in [0.4, 0.5) is 0 Å². The highest BCUT2D eigenvalue weighted by Gasteiger charge is 2.19. The van der Waals surface area contributed by atoms with Crippen LogP contribution in [-0.2, 0) is 18.3 Å². The molecule has 25 heavy (non-hydrogen) atoms. The van der Waals surface area contributed by atoms with Crippen molar-refractivity contribution < 1.29 is 4.79 Å². The molecule has 7 nitrogen and oxygen atoms in total. The van der Waals surface area contributed by atoms with Gasteiger partial charge in [0, 0.05) is 55.1 Å². The summed E-state index contributed by atoms with van der Waals surface area (Å²) in [5.74, 6) is -0.0681. The Hall–Kier alpha value is -2.58. The van der Waals surface area contributed by atoms with Crippen LogP contribution in [0.3, 0.4) is 0 Å². The molecule has 1 amide bonds. The molecule has 0 aromatic carbocycles. The van der Waals surface area contributed by atoms with Gasteiger partial charge in [0.2, 0.25) is 5.91 Å². The van der Waals surface area contributed by atoms with Gasteiger partial charge in [0.15, 0.2) is 0 Å². The fourth-order valence-electron chi connectivity index (χ4n) is 2.51. The second kappa shape index (κ2) is 8.00. The molecule has 1 atom stereocenters. The van der Waals surface area contributed by atoms with E-state index < -0.39 is 6.04 Å². The summed E-state index contributed by atoms with van der Waals surface area (Å²) in [5.41, 5.74) is 2.84. The number of hydrogen-bond acceptors (Lipinski definition) is 6. The Morgan fingerprint density at radius 3 is 2.84 bits per heavy atom. The first-order valence-electron chi connectivity index (χ1n) is 7.95. The Kier molecular flexibility index (Phi) is 5.52. The van der Waals surface area contributed by atoms with Crippen LogP contribution in [0.15, 0.2) is 42.3 Å². The van der Waals surface area contributed by atoms with Crippen molar-refractivity contribution in [2.24, 2.45) is 7.05 Å². The molecule has 3 rings (SSSR count). The number of aromatic nitrogens is 4. The molecule has 8 heteroatoms. The van der Waals surface area contributed by atoms with E-state index in [0.717, 1.165) is 21.8 Å². The zero-order valence-electron chi connectivity index (χ0n) is 14.1. The number of hydrogen-bond donors (Lipinski definition) is 2. The van der Waals surface area contributed by atoms with Crippen molar-refractivity contribution >= 4 is 17.2 Å². The number of aryl methyl sites for hydroxylation is 1. The highest BCUT2D eigenvalue weighted by Crippen LogP contribution is 2.21. The minimum Gasteiger partial charge on any atom is -0.354 e. The van der Waals surface area contributed by atoms with Gasteiger partial charge in [-0.2, -0.15) is 5.10 Å². The fourth-order valence-corrected chi connectivity index (χ4v) is 3.32. The van der Waals surface area contributed by atoms with Gasteiger partial charge in [-0.15, -0.1) is 11.3 Å². The van der Waals surface area contributed by atoms with Gasteiger partial charge < -0.3 is 10.6 Å². The average Bonchev–Trinajstić information content (AvgIpc) is 3.26. The van der Waals surface area contributed by atoms with Crippen LogP contribution in [0.5, 0.6) is 0 Å². The number of nitrogens with zero attached hydrogens (tertiary/aromatic N) is 4. The van der Waals surface area contributed by atoms with E-state index in [1.54, 1.807) is 41.7 Å². The molecule has 0 radical (unpaired) electrons. The van der Waals surface area contributed by atoms with E-state index in [-0.39, 0.29) is 5.91 Å². The predicted molar refractivity (Wildman–Crippen MR) is 97.1 cm³/mol. The summed E-state index contributed by atoms with van der Waals surface area (Å²) in [6.45, 7) is 0.542. The van der Waals surface area contributed by atoms with E-state index >= 15 is 0 Å². The molecule has 3 aromatic rings. The monoisotopic (exact) mass is 356 g/mol. The summed E-state index contributed by atoms with van der Waals surface area (Å²) in [7, 11) is 3.59. The Morgan fingerprint density at radius 2 is 2.16 bits per heavy atom. The smallest absolute Gasteiger partial charge is 0.241 e. The minimum atomic E-state index is -0.405. The van der Waals surface area contributed by atoms with Gasteiger partial charge in [-0.3, -0.25) is 14.5 Å². The van der Waals surface area contributed by atoms with Gasteiger partial charge in [-0.1, -0.05) is 0 Å². The second-order valence-corrected chi connectivity index (χ2v) is 6.52. The number of pyridine rings is 1. The largest absolute Gasteiger partial charge is 0.354 e. The summed E-state index contributed by atoms with van der Waals surface area (Å²) < 4.78 is 1.68. The van der Waals surface area contributed by atoms with E-state index in [2.05, 4.69) is 25.7 Å². The highest BCUT2D eigenvalue weighted by atomic mass is 32.1. The van der Waals surface area contributed by atoms with Crippen LogP contribution in [0.25, 0.3) is 11.3 Å².